The molecule has 0 radical (unpaired) electrons. The van der Waals surface area contributed by atoms with E-state index in [1.165, 1.54) is 0 Å². The Morgan fingerprint density at radius 2 is 1.72 bits per heavy atom. The molecule has 0 unspecified atom stereocenters. The van der Waals surface area contributed by atoms with Crippen molar-refractivity contribution in [2.24, 2.45) is 0 Å². The molecule has 0 saturated carbocycles. The first kappa shape index (κ1) is 18.8. The minimum atomic E-state index is -0.156. The van der Waals surface area contributed by atoms with Crippen molar-refractivity contribution in [1.29, 1.82) is 0 Å². The number of nitrogens with zero attached hydrogens (tertiary/aromatic N) is 3. The standard InChI is InChI=1S/C22H19N5OS/c1-14-20(29-15(2)24-14)19-11-12-23-22(27-19)26-18-10-6-9-17(13-18)25-21(28)16-7-4-3-5-8-16/h3-13H,1-2H3,(H,25,28)(H,23,26,27). The first-order valence-corrected chi connectivity index (χ1v) is 9.91. The third kappa shape index (κ3) is 4.47. The van der Waals surface area contributed by atoms with Gasteiger partial charge in [-0.25, -0.2) is 15.0 Å². The van der Waals surface area contributed by atoms with Crippen molar-refractivity contribution < 1.29 is 4.79 Å². The average molecular weight is 401 g/mol. The van der Waals surface area contributed by atoms with E-state index in [1.807, 2.05) is 62.4 Å². The van der Waals surface area contributed by atoms with Crippen LogP contribution in [0.25, 0.3) is 10.6 Å². The van der Waals surface area contributed by atoms with Gasteiger partial charge >= 0.3 is 0 Å². The van der Waals surface area contributed by atoms with Crippen molar-refractivity contribution in [1.82, 2.24) is 15.0 Å². The van der Waals surface area contributed by atoms with E-state index in [-0.39, 0.29) is 5.91 Å². The summed E-state index contributed by atoms with van der Waals surface area (Å²) in [6.45, 7) is 3.96. The van der Waals surface area contributed by atoms with Gasteiger partial charge in [0.1, 0.15) is 0 Å². The molecule has 0 fully saturated rings. The van der Waals surface area contributed by atoms with E-state index in [2.05, 4.69) is 25.6 Å². The highest BCUT2D eigenvalue weighted by Gasteiger charge is 2.11. The highest BCUT2D eigenvalue weighted by atomic mass is 32.1. The van der Waals surface area contributed by atoms with E-state index in [0.29, 0.717) is 17.2 Å². The lowest BCUT2D eigenvalue weighted by Gasteiger charge is -2.09. The van der Waals surface area contributed by atoms with Crippen LogP contribution in [0.5, 0.6) is 0 Å². The number of hydrogen-bond acceptors (Lipinski definition) is 6. The van der Waals surface area contributed by atoms with Crippen molar-refractivity contribution >= 4 is 34.6 Å². The minimum absolute atomic E-state index is 0.156. The molecule has 144 valence electrons. The van der Waals surface area contributed by atoms with Crippen molar-refractivity contribution in [3.05, 3.63) is 83.1 Å². The number of nitrogens with one attached hydrogen (secondary N) is 2. The van der Waals surface area contributed by atoms with Crippen LogP contribution in [0.4, 0.5) is 17.3 Å². The van der Waals surface area contributed by atoms with Crippen molar-refractivity contribution in [2.75, 3.05) is 10.6 Å². The van der Waals surface area contributed by atoms with Crippen LogP contribution in [-0.4, -0.2) is 20.9 Å². The lowest BCUT2D eigenvalue weighted by atomic mass is 10.2. The van der Waals surface area contributed by atoms with Crippen molar-refractivity contribution in [2.45, 2.75) is 13.8 Å². The Kier molecular flexibility index (Phi) is 5.31. The summed E-state index contributed by atoms with van der Waals surface area (Å²) in [6.07, 6.45) is 1.72. The number of carbonyl (C=O) groups is 1. The van der Waals surface area contributed by atoms with E-state index in [9.17, 15) is 4.79 Å². The normalized spacial score (nSPS) is 10.6. The lowest BCUT2D eigenvalue weighted by Crippen LogP contribution is -2.11. The van der Waals surface area contributed by atoms with Crippen molar-refractivity contribution in [3.63, 3.8) is 0 Å². The number of rotatable bonds is 5. The molecule has 0 bridgehead atoms. The number of anilines is 3. The molecule has 2 aromatic heterocycles. The quantitative estimate of drug-likeness (QED) is 0.480. The van der Waals surface area contributed by atoms with Crippen molar-refractivity contribution in [3.8, 4) is 10.6 Å². The van der Waals surface area contributed by atoms with Crippen LogP contribution in [0.3, 0.4) is 0 Å². The van der Waals surface area contributed by atoms with Crippen LogP contribution in [-0.2, 0) is 0 Å². The zero-order valence-corrected chi connectivity index (χ0v) is 16.8. The van der Waals surface area contributed by atoms with Gasteiger partial charge < -0.3 is 10.6 Å². The second-order valence-corrected chi connectivity index (χ2v) is 7.64. The van der Waals surface area contributed by atoms with E-state index in [0.717, 1.165) is 27.0 Å². The molecule has 0 aliphatic heterocycles. The molecule has 6 nitrogen and oxygen atoms in total. The van der Waals surface area contributed by atoms with Gasteiger partial charge in [0.15, 0.2) is 0 Å². The summed E-state index contributed by atoms with van der Waals surface area (Å²) in [4.78, 5) is 26.8. The molecule has 0 spiro atoms. The summed E-state index contributed by atoms with van der Waals surface area (Å²) in [5, 5.41) is 7.12. The van der Waals surface area contributed by atoms with Gasteiger partial charge in [-0.2, -0.15) is 0 Å². The Bertz CT molecular complexity index is 1160. The van der Waals surface area contributed by atoms with Gasteiger partial charge in [0, 0.05) is 23.1 Å². The molecule has 4 aromatic rings. The number of aromatic nitrogens is 3. The van der Waals surface area contributed by atoms with Gasteiger partial charge in [0.2, 0.25) is 5.95 Å². The van der Waals surface area contributed by atoms with E-state index in [1.54, 1.807) is 29.7 Å². The molecule has 2 heterocycles. The predicted octanol–water partition coefficient (Wildman–Crippen LogP) is 5.21. The largest absolute Gasteiger partial charge is 0.324 e. The number of benzene rings is 2. The fraction of sp³-hybridized carbons (Fsp3) is 0.0909. The first-order valence-electron chi connectivity index (χ1n) is 9.09. The van der Waals surface area contributed by atoms with Gasteiger partial charge in [-0.3, -0.25) is 4.79 Å². The monoisotopic (exact) mass is 401 g/mol. The summed E-state index contributed by atoms with van der Waals surface area (Å²) in [6, 6.07) is 18.4. The van der Waals surface area contributed by atoms with E-state index in [4.69, 9.17) is 0 Å². The minimum Gasteiger partial charge on any atom is -0.324 e. The topological polar surface area (TPSA) is 79.8 Å². The van der Waals surface area contributed by atoms with Crippen LogP contribution in [0.15, 0.2) is 66.9 Å². The second-order valence-electron chi connectivity index (χ2n) is 6.44. The molecule has 0 saturated heterocycles. The third-order valence-electron chi connectivity index (χ3n) is 4.20. The van der Waals surface area contributed by atoms with Gasteiger partial charge in [-0.05, 0) is 50.2 Å². The van der Waals surface area contributed by atoms with E-state index >= 15 is 0 Å². The molecule has 29 heavy (non-hydrogen) atoms. The highest BCUT2D eigenvalue weighted by molar-refractivity contribution is 7.15. The fourth-order valence-electron chi connectivity index (χ4n) is 2.91. The molecule has 1 amide bonds. The second kappa shape index (κ2) is 8.20. The number of carbonyl (C=O) groups excluding carboxylic acids is 1. The Hall–Kier alpha value is -3.58. The highest BCUT2D eigenvalue weighted by Crippen LogP contribution is 2.29. The van der Waals surface area contributed by atoms with Gasteiger partial charge in [-0.15, -0.1) is 11.3 Å². The smallest absolute Gasteiger partial charge is 0.255 e. The molecule has 2 aromatic carbocycles. The zero-order valence-electron chi connectivity index (χ0n) is 16.0. The van der Waals surface area contributed by atoms with Crippen LogP contribution < -0.4 is 10.6 Å². The zero-order chi connectivity index (χ0) is 20.2. The number of amides is 1. The first-order chi connectivity index (χ1) is 14.1. The average Bonchev–Trinajstić information content (AvgIpc) is 3.07. The fourth-order valence-corrected chi connectivity index (χ4v) is 3.80. The maximum Gasteiger partial charge on any atom is 0.255 e. The molecule has 0 aliphatic rings. The van der Waals surface area contributed by atoms with E-state index < -0.39 is 0 Å². The molecule has 4 rings (SSSR count). The lowest BCUT2D eigenvalue weighted by molar-refractivity contribution is 0.102. The molecule has 2 N–H and O–H groups in total. The molecule has 0 aliphatic carbocycles. The van der Waals surface area contributed by atoms with Crippen LogP contribution in [0.1, 0.15) is 21.1 Å². The molecule has 0 atom stereocenters. The summed E-state index contributed by atoms with van der Waals surface area (Å²) < 4.78 is 0. The summed E-state index contributed by atoms with van der Waals surface area (Å²) in [5.41, 5.74) is 3.87. The van der Waals surface area contributed by atoms with Gasteiger partial charge in [-0.1, -0.05) is 24.3 Å². The number of thiazole rings is 1. The van der Waals surface area contributed by atoms with Gasteiger partial charge in [0.25, 0.3) is 5.91 Å². The van der Waals surface area contributed by atoms with Crippen LogP contribution in [0, 0.1) is 13.8 Å². The maximum absolute atomic E-state index is 12.4. The summed E-state index contributed by atoms with van der Waals surface area (Å²) in [5.74, 6) is 0.330. The maximum atomic E-state index is 12.4. The predicted molar refractivity (Wildman–Crippen MR) is 117 cm³/mol. The third-order valence-corrected chi connectivity index (χ3v) is 5.30. The Morgan fingerprint density at radius 1 is 0.931 bits per heavy atom. The summed E-state index contributed by atoms with van der Waals surface area (Å²) >= 11 is 1.61. The summed E-state index contributed by atoms with van der Waals surface area (Å²) in [7, 11) is 0. The molecule has 7 heteroatoms. The number of aryl methyl sites for hydroxylation is 2. The Labute approximate surface area is 172 Å². The number of hydrogen-bond donors (Lipinski definition) is 2. The molecular weight excluding hydrogens is 382 g/mol. The molecular formula is C22H19N5OS. The Balaban J connectivity index is 1.52. The van der Waals surface area contributed by atoms with Gasteiger partial charge in [0.05, 0.1) is 21.3 Å². The SMILES string of the molecule is Cc1nc(C)c(-c2ccnc(Nc3cccc(NC(=O)c4ccccc4)c3)n2)s1. The Morgan fingerprint density at radius 3 is 2.48 bits per heavy atom. The van der Waals surface area contributed by atoms with Crippen LogP contribution in [0.2, 0.25) is 0 Å². The van der Waals surface area contributed by atoms with Crippen LogP contribution >= 0.6 is 11.3 Å².